The fourth-order valence-electron chi connectivity index (χ4n) is 1.95. The minimum atomic E-state index is -0.405. The number of ether oxygens (including phenoxy) is 2. The van der Waals surface area contributed by atoms with Gasteiger partial charge in [0.1, 0.15) is 5.75 Å². The monoisotopic (exact) mass is 310 g/mol. The molecule has 0 radical (unpaired) electrons. The summed E-state index contributed by atoms with van der Waals surface area (Å²) in [6.45, 7) is 8.48. The summed E-state index contributed by atoms with van der Waals surface area (Å²) >= 11 is 0. The third-order valence-corrected chi connectivity index (χ3v) is 3.00. The molecule has 0 aromatic heterocycles. The number of rotatable bonds is 11. The minimum Gasteiger partial charge on any atom is -0.493 e. The zero-order valence-corrected chi connectivity index (χ0v) is 13.7. The summed E-state index contributed by atoms with van der Waals surface area (Å²) in [5, 5.41) is 14.5. The van der Waals surface area contributed by atoms with E-state index < -0.39 is 4.92 Å². The number of nitro groups is 1. The fourth-order valence-corrected chi connectivity index (χ4v) is 1.95. The predicted molar refractivity (Wildman–Crippen MR) is 86.7 cm³/mol. The van der Waals surface area contributed by atoms with E-state index in [1.807, 2.05) is 13.8 Å². The Morgan fingerprint density at radius 1 is 1.05 bits per heavy atom. The molecule has 22 heavy (non-hydrogen) atoms. The number of hydrogen-bond acceptors (Lipinski definition) is 5. The third-order valence-electron chi connectivity index (χ3n) is 3.00. The van der Waals surface area contributed by atoms with Crippen molar-refractivity contribution in [2.45, 2.75) is 46.6 Å². The van der Waals surface area contributed by atoms with Crippen molar-refractivity contribution in [2.24, 2.45) is 0 Å². The van der Waals surface area contributed by atoms with Gasteiger partial charge in [0.2, 0.25) is 5.75 Å². The van der Waals surface area contributed by atoms with Gasteiger partial charge in [-0.2, -0.15) is 0 Å². The van der Waals surface area contributed by atoms with Crippen LogP contribution in [0.25, 0.3) is 0 Å². The largest absolute Gasteiger partial charge is 0.493 e. The average Bonchev–Trinajstić information content (AvgIpc) is 2.51. The molecule has 1 rings (SSSR count). The molecule has 0 heterocycles. The Morgan fingerprint density at radius 3 is 2.23 bits per heavy atom. The van der Waals surface area contributed by atoms with Crippen LogP contribution in [0.5, 0.6) is 11.5 Å². The van der Waals surface area contributed by atoms with Crippen LogP contribution in [0.15, 0.2) is 12.1 Å². The van der Waals surface area contributed by atoms with Gasteiger partial charge in [-0.25, -0.2) is 0 Å². The molecule has 0 spiro atoms. The van der Waals surface area contributed by atoms with Crippen molar-refractivity contribution in [1.82, 2.24) is 5.32 Å². The van der Waals surface area contributed by atoms with Gasteiger partial charge in [-0.1, -0.05) is 20.8 Å². The van der Waals surface area contributed by atoms with Crippen molar-refractivity contribution in [1.29, 1.82) is 0 Å². The van der Waals surface area contributed by atoms with Gasteiger partial charge in [-0.15, -0.1) is 0 Å². The molecule has 1 N–H and O–H groups in total. The Hall–Kier alpha value is -1.82. The van der Waals surface area contributed by atoms with Crippen molar-refractivity contribution >= 4 is 5.69 Å². The van der Waals surface area contributed by atoms with Crippen molar-refractivity contribution in [2.75, 3.05) is 19.8 Å². The Bertz CT molecular complexity index is 477. The van der Waals surface area contributed by atoms with Gasteiger partial charge < -0.3 is 14.8 Å². The zero-order valence-electron chi connectivity index (χ0n) is 13.7. The van der Waals surface area contributed by atoms with Crippen LogP contribution in [0.3, 0.4) is 0 Å². The third kappa shape index (κ3) is 5.52. The number of benzene rings is 1. The summed E-state index contributed by atoms with van der Waals surface area (Å²) in [6, 6.07) is 3.20. The van der Waals surface area contributed by atoms with Gasteiger partial charge in [-0.3, -0.25) is 10.1 Å². The Kier molecular flexibility index (Phi) is 8.28. The van der Waals surface area contributed by atoms with E-state index in [9.17, 15) is 10.1 Å². The first-order chi connectivity index (χ1) is 10.6. The van der Waals surface area contributed by atoms with E-state index in [0.29, 0.717) is 25.5 Å². The summed E-state index contributed by atoms with van der Waals surface area (Å²) in [7, 11) is 0. The lowest BCUT2D eigenvalue weighted by atomic mass is 10.1. The van der Waals surface area contributed by atoms with Crippen molar-refractivity contribution < 1.29 is 14.4 Å². The molecule has 0 bridgehead atoms. The van der Waals surface area contributed by atoms with E-state index in [1.54, 1.807) is 12.1 Å². The molecule has 0 amide bonds. The van der Waals surface area contributed by atoms with Crippen LogP contribution < -0.4 is 14.8 Å². The van der Waals surface area contributed by atoms with Gasteiger partial charge >= 0.3 is 5.69 Å². The summed E-state index contributed by atoms with van der Waals surface area (Å²) < 4.78 is 11.2. The number of nitro benzene ring substituents is 1. The highest BCUT2D eigenvalue weighted by molar-refractivity contribution is 5.55. The summed E-state index contributed by atoms with van der Waals surface area (Å²) in [4.78, 5) is 10.9. The molecule has 0 unspecified atom stereocenters. The molecule has 0 aliphatic heterocycles. The number of nitrogens with zero attached hydrogens (tertiary/aromatic N) is 1. The summed E-state index contributed by atoms with van der Waals surface area (Å²) in [5.74, 6) is 0.930. The van der Waals surface area contributed by atoms with Crippen LogP contribution in [0.1, 0.15) is 45.6 Å². The standard InChI is InChI=1S/C16H26N2O4/c1-4-7-17-12-13-10-14(18(19)20)16(22-9-6-3)11-15(13)21-8-5-2/h10-11,17H,4-9,12H2,1-3H3. The minimum absolute atomic E-state index is 0.00871. The highest BCUT2D eigenvalue weighted by Crippen LogP contribution is 2.35. The van der Waals surface area contributed by atoms with Gasteiger partial charge in [-0.05, 0) is 25.8 Å². The first-order valence-corrected chi connectivity index (χ1v) is 7.91. The molecule has 124 valence electrons. The summed E-state index contributed by atoms with van der Waals surface area (Å²) in [5.41, 5.74) is 0.781. The van der Waals surface area contributed by atoms with Crippen LogP contribution in [-0.4, -0.2) is 24.7 Å². The molecular formula is C16H26N2O4. The summed E-state index contributed by atoms with van der Waals surface area (Å²) in [6.07, 6.45) is 2.68. The van der Waals surface area contributed by atoms with E-state index in [4.69, 9.17) is 9.47 Å². The average molecular weight is 310 g/mol. The lowest BCUT2D eigenvalue weighted by Crippen LogP contribution is -2.15. The van der Waals surface area contributed by atoms with Gasteiger partial charge in [0.05, 0.1) is 18.1 Å². The van der Waals surface area contributed by atoms with Crippen LogP contribution in [-0.2, 0) is 6.54 Å². The van der Waals surface area contributed by atoms with Crippen LogP contribution in [0, 0.1) is 10.1 Å². The van der Waals surface area contributed by atoms with Gasteiger partial charge in [0, 0.05) is 24.2 Å². The van der Waals surface area contributed by atoms with Crippen molar-refractivity contribution in [3.05, 3.63) is 27.8 Å². The molecule has 0 aliphatic rings. The second kappa shape index (κ2) is 10.00. The van der Waals surface area contributed by atoms with E-state index >= 15 is 0 Å². The number of hydrogen-bond donors (Lipinski definition) is 1. The number of nitrogens with one attached hydrogen (secondary N) is 1. The molecular weight excluding hydrogens is 284 g/mol. The normalized spacial score (nSPS) is 10.5. The second-order valence-corrected chi connectivity index (χ2v) is 5.06. The van der Waals surface area contributed by atoms with Crippen molar-refractivity contribution in [3.8, 4) is 11.5 Å². The molecule has 6 nitrogen and oxygen atoms in total. The second-order valence-electron chi connectivity index (χ2n) is 5.06. The maximum atomic E-state index is 11.3. The Balaban J connectivity index is 3.09. The topological polar surface area (TPSA) is 73.6 Å². The van der Waals surface area contributed by atoms with Gasteiger partial charge in [0.25, 0.3) is 0 Å². The van der Waals surface area contributed by atoms with Crippen LogP contribution in [0.2, 0.25) is 0 Å². The highest BCUT2D eigenvalue weighted by Gasteiger charge is 2.20. The van der Waals surface area contributed by atoms with Crippen LogP contribution >= 0.6 is 0 Å². The van der Waals surface area contributed by atoms with E-state index in [-0.39, 0.29) is 11.4 Å². The SMILES string of the molecule is CCCNCc1cc([N+](=O)[O-])c(OCCC)cc1OCCC. The Labute approximate surface area is 132 Å². The first-order valence-electron chi connectivity index (χ1n) is 7.91. The fraction of sp³-hybridized carbons (Fsp3) is 0.625. The highest BCUT2D eigenvalue weighted by atomic mass is 16.6. The van der Waals surface area contributed by atoms with Gasteiger partial charge in [0.15, 0.2) is 0 Å². The molecule has 1 aromatic carbocycles. The predicted octanol–water partition coefficient (Wildman–Crippen LogP) is 3.67. The van der Waals surface area contributed by atoms with Crippen molar-refractivity contribution in [3.63, 3.8) is 0 Å². The smallest absolute Gasteiger partial charge is 0.311 e. The lowest BCUT2D eigenvalue weighted by molar-refractivity contribution is -0.386. The Morgan fingerprint density at radius 2 is 1.68 bits per heavy atom. The van der Waals surface area contributed by atoms with Crippen LogP contribution in [0.4, 0.5) is 5.69 Å². The molecule has 0 aliphatic carbocycles. The molecule has 0 saturated carbocycles. The molecule has 0 fully saturated rings. The maximum Gasteiger partial charge on any atom is 0.311 e. The van der Waals surface area contributed by atoms with E-state index in [1.165, 1.54) is 0 Å². The molecule has 6 heteroatoms. The lowest BCUT2D eigenvalue weighted by Gasteiger charge is -2.14. The molecule has 0 saturated heterocycles. The quantitative estimate of drug-likeness (QED) is 0.383. The maximum absolute atomic E-state index is 11.3. The molecule has 0 atom stereocenters. The van der Waals surface area contributed by atoms with E-state index in [2.05, 4.69) is 12.2 Å². The zero-order chi connectivity index (χ0) is 16.4. The first kappa shape index (κ1) is 18.2. The van der Waals surface area contributed by atoms with E-state index in [0.717, 1.165) is 31.4 Å². The molecule has 1 aromatic rings.